The minimum atomic E-state index is -0.597. The summed E-state index contributed by atoms with van der Waals surface area (Å²) < 4.78 is 6.67. The average Bonchev–Trinajstić information content (AvgIpc) is 3.31. The summed E-state index contributed by atoms with van der Waals surface area (Å²) in [7, 11) is 1.25. The number of nitrogens with one attached hydrogen (secondary N) is 1. The minimum Gasteiger partial charge on any atom is -0.466 e. The second-order valence-corrected chi connectivity index (χ2v) is 7.39. The maximum Gasteiger partial charge on any atom is 0.331 e. The summed E-state index contributed by atoms with van der Waals surface area (Å²) in [4.78, 5) is 27.5. The van der Waals surface area contributed by atoms with Gasteiger partial charge >= 0.3 is 5.97 Å². The van der Waals surface area contributed by atoms with Crippen molar-refractivity contribution in [3.05, 3.63) is 77.1 Å². The van der Waals surface area contributed by atoms with Gasteiger partial charge in [-0.1, -0.05) is 18.2 Å². The van der Waals surface area contributed by atoms with Gasteiger partial charge in [0.15, 0.2) is 5.17 Å². The zero-order valence-corrected chi connectivity index (χ0v) is 16.8. The number of hydrogen-bond acceptors (Lipinski definition) is 7. The molecule has 1 fully saturated rings. The van der Waals surface area contributed by atoms with Crippen LogP contribution in [0.4, 0.5) is 0 Å². The molecular formula is C21H17N5O3S. The van der Waals surface area contributed by atoms with Crippen molar-refractivity contribution in [3.63, 3.8) is 0 Å². The molecule has 150 valence electrons. The van der Waals surface area contributed by atoms with Crippen LogP contribution in [0.15, 0.2) is 76.2 Å². The van der Waals surface area contributed by atoms with Crippen LogP contribution in [0.5, 0.6) is 0 Å². The average molecular weight is 419 g/mol. The molecule has 1 saturated heterocycles. The Bertz CT molecular complexity index is 1200. The molecular weight excluding hydrogens is 402 g/mol. The molecule has 9 heteroatoms. The largest absolute Gasteiger partial charge is 0.466 e. The van der Waals surface area contributed by atoms with Crippen LogP contribution in [0.1, 0.15) is 11.1 Å². The van der Waals surface area contributed by atoms with Crippen LogP contribution in [0.3, 0.4) is 0 Å². The molecule has 4 rings (SSSR count). The predicted molar refractivity (Wildman–Crippen MR) is 116 cm³/mol. The molecule has 3 heterocycles. The van der Waals surface area contributed by atoms with Crippen molar-refractivity contribution >= 4 is 45.9 Å². The van der Waals surface area contributed by atoms with Gasteiger partial charge in [0.05, 0.1) is 18.2 Å². The lowest BCUT2D eigenvalue weighted by molar-refractivity contribution is -0.135. The van der Waals surface area contributed by atoms with E-state index in [-0.39, 0.29) is 4.91 Å². The molecule has 0 saturated carbocycles. The summed E-state index contributed by atoms with van der Waals surface area (Å²) in [5.41, 5.74) is 3.06. The predicted octanol–water partition coefficient (Wildman–Crippen LogP) is 2.69. The number of methoxy groups -OCH3 is 1. The van der Waals surface area contributed by atoms with Crippen molar-refractivity contribution in [2.24, 2.45) is 10.2 Å². The number of thioether (sulfide) groups is 1. The van der Waals surface area contributed by atoms with Crippen molar-refractivity contribution in [2.45, 2.75) is 6.54 Å². The molecule has 8 nitrogen and oxygen atoms in total. The SMILES string of the molecule is COC(=O)/C=C1/S/C(=N\N=Cc2ccc3ccn(Cc4cccnc4)c3c2)NC1=O. The molecule has 2 aromatic heterocycles. The highest BCUT2D eigenvalue weighted by atomic mass is 32.2. The van der Waals surface area contributed by atoms with Crippen molar-refractivity contribution in [3.8, 4) is 0 Å². The molecule has 0 spiro atoms. The number of aromatic nitrogens is 2. The highest BCUT2D eigenvalue weighted by Crippen LogP contribution is 2.23. The lowest BCUT2D eigenvalue weighted by atomic mass is 10.2. The van der Waals surface area contributed by atoms with E-state index in [1.807, 2.05) is 42.7 Å². The number of esters is 1. The highest BCUT2D eigenvalue weighted by Gasteiger charge is 2.24. The topological polar surface area (TPSA) is 97.9 Å². The highest BCUT2D eigenvalue weighted by molar-refractivity contribution is 8.18. The quantitative estimate of drug-likeness (QED) is 0.297. The lowest BCUT2D eigenvalue weighted by Gasteiger charge is -2.05. The summed E-state index contributed by atoms with van der Waals surface area (Å²) in [6, 6.07) is 12.0. The van der Waals surface area contributed by atoms with Crippen LogP contribution >= 0.6 is 11.8 Å². The Morgan fingerprint density at radius 1 is 1.33 bits per heavy atom. The zero-order chi connectivity index (χ0) is 20.9. The van der Waals surface area contributed by atoms with Gasteiger partial charge < -0.3 is 9.30 Å². The molecule has 0 atom stereocenters. The molecule has 1 aromatic carbocycles. The van der Waals surface area contributed by atoms with Gasteiger partial charge in [-0.15, -0.1) is 5.10 Å². The lowest BCUT2D eigenvalue weighted by Crippen LogP contribution is -2.19. The summed E-state index contributed by atoms with van der Waals surface area (Å²) in [6.07, 6.45) is 8.38. The van der Waals surface area contributed by atoms with Gasteiger partial charge in [0.2, 0.25) is 0 Å². The van der Waals surface area contributed by atoms with Crippen LogP contribution in [0, 0.1) is 0 Å². The Kier molecular flexibility index (Phi) is 5.71. The fourth-order valence-corrected chi connectivity index (χ4v) is 3.64. The van der Waals surface area contributed by atoms with Gasteiger partial charge in [-0.25, -0.2) is 4.79 Å². The molecule has 1 N–H and O–H groups in total. The van der Waals surface area contributed by atoms with E-state index in [2.05, 4.69) is 35.9 Å². The number of fused-ring (bicyclic) bond motifs is 1. The molecule has 0 radical (unpaired) electrons. The maximum absolute atomic E-state index is 11.8. The Morgan fingerprint density at radius 2 is 2.23 bits per heavy atom. The monoisotopic (exact) mass is 419 g/mol. The molecule has 30 heavy (non-hydrogen) atoms. The van der Waals surface area contributed by atoms with Crippen molar-refractivity contribution < 1.29 is 14.3 Å². The molecule has 3 aromatic rings. The Morgan fingerprint density at radius 3 is 3.03 bits per heavy atom. The first-order valence-corrected chi connectivity index (χ1v) is 9.82. The Hall–Kier alpha value is -3.72. The summed E-state index contributed by atoms with van der Waals surface area (Å²) in [5.74, 6) is -1.01. The Labute approximate surface area is 176 Å². The molecule has 1 aliphatic rings. The second kappa shape index (κ2) is 8.75. The first-order valence-electron chi connectivity index (χ1n) is 9.00. The maximum atomic E-state index is 11.8. The van der Waals surface area contributed by atoms with E-state index in [1.165, 1.54) is 7.11 Å². The van der Waals surface area contributed by atoms with Gasteiger partial charge in [-0.05, 0) is 46.5 Å². The first kappa shape index (κ1) is 19.6. The van der Waals surface area contributed by atoms with E-state index >= 15 is 0 Å². The normalized spacial score (nSPS) is 16.6. The van der Waals surface area contributed by atoms with E-state index < -0.39 is 11.9 Å². The molecule has 0 unspecified atom stereocenters. The third-order valence-electron chi connectivity index (χ3n) is 4.33. The number of benzene rings is 1. The standard InChI is InChI=1S/C21H17N5O3S/c1-29-19(27)10-18-20(28)24-21(30-18)25-23-12-14-4-5-16-6-8-26(17(16)9-14)13-15-3-2-7-22-11-15/h2-12H,13H2,1H3,(H,24,25,28)/b18-10+,23-12?. The first-order chi connectivity index (χ1) is 14.6. The fourth-order valence-electron chi connectivity index (χ4n) is 2.90. The van der Waals surface area contributed by atoms with E-state index in [9.17, 15) is 9.59 Å². The van der Waals surface area contributed by atoms with Crippen LogP contribution in [0.25, 0.3) is 10.9 Å². The van der Waals surface area contributed by atoms with Crippen molar-refractivity contribution in [1.82, 2.24) is 14.9 Å². The van der Waals surface area contributed by atoms with E-state index in [4.69, 9.17) is 0 Å². The van der Waals surface area contributed by atoms with E-state index in [0.717, 1.165) is 46.4 Å². The van der Waals surface area contributed by atoms with Gasteiger partial charge in [0.25, 0.3) is 5.91 Å². The minimum absolute atomic E-state index is 0.213. The van der Waals surface area contributed by atoms with Gasteiger partial charge in [-0.3, -0.25) is 15.1 Å². The molecule has 1 amide bonds. The van der Waals surface area contributed by atoms with Gasteiger partial charge in [0.1, 0.15) is 0 Å². The zero-order valence-electron chi connectivity index (χ0n) is 16.0. The second-order valence-electron chi connectivity index (χ2n) is 6.36. The smallest absolute Gasteiger partial charge is 0.331 e. The number of ether oxygens (including phenoxy) is 1. The number of nitrogens with zero attached hydrogens (tertiary/aromatic N) is 4. The fraction of sp³-hybridized carbons (Fsp3) is 0.0952. The molecule has 0 aliphatic carbocycles. The van der Waals surface area contributed by atoms with Crippen LogP contribution in [-0.2, 0) is 20.9 Å². The van der Waals surface area contributed by atoms with Gasteiger partial charge in [0, 0.05) is 36.7 Å². The number of hydrogen-bond donors (Lipinski definition) is 1. The van der Waals surface area contributed by atoms with Crippen molar-refractivity contribution in [1.29, 1.82) is 0 Å². The third kappa shape index (κ3) is 4.47. The third-order valence-corrected chi connectivity index (χ3v) is 5.23. The number of amides is 1. The number of carbonyl (C=O) groups excluding carboxylic acids is 2. The van der Waals surface area contributed by atoms with E-state index in [0.29, 0.717) is 5.17 Å². The number of rotatable bonds is 5. The number of carbonyl (C=O) groups is 2. The number of pyridine rings is 1. The number of amidine groups is 1. The van der Waals surface area contributed by atoms with E-state index in [1.54, 1.807) is 12.4 Å². The Balaban J connectivity index is 1.50. The summed E-state index contributed by atoms with van der Waals surface area (Å²) in [6.45, 7) is 0.720. The van der Waals surface area contributed by atoms with Crippen molar-refractivity contribution in [2.75, 3.05) is 7.11 Å². The summed E-state index contributed by atoms with van der Waals surface area (Å²) >= 11 is 1.03. The van der Waals surface area contributed by atoms with Crippen LogP contribution < -0.4 is 5.32 Å². The van der Waals surface area contributed by atoms with Crippen LogP contribution in [0.2, 0.25) is 0 Å². The van der Waals surface area contributed by atoms with Gasteiger partial charge in [-0.2, -0.15) is 5.10 Å². The molecule has 1 aliphatic heterocycles. The van der Waals surface area contributed by atoms with Crippen LogP contribution in [-0.4, -0.2) is 39.9 Å². The summed E-state index contributed by atoms with van der Waals surface area (Å²) in [5, 5.41) is 12.1. The molecule has 0 bridgehead atoms.